The fourth-order valence-electron chi connectivity index (χ4n) is 1.13. The van der Waals surface area contributed by atoms with Crippen LogP contribution in [0, 0.1) is 10.1 Å². The standard InChI is InChI=1S/C10H11ClN2O4/c1-6(11)10(14)12-8-4-3-7(13(15)16)5-9(8)17-2/h3-6H,1-2H3,(H,12,14). The molecule has 0 aliphatic carbocycles. The summed E-state index contributed by atoms with van der Waals surface area (Å²) in [6.07, 6.45) is 0. The van der Waals surface area contributed by atoms with Gasteiger partial charge in [-0.2, -0.15) is 0 Å². The predicted octanol–water partition coefficient (Wildman–Crippen LogP) is 2.17. The molecule has 6 nitrogen and oxygen atoms in total. The molecular formula is C10H11ClN2O4. The molecule has 0 heterocycles. The van der Waals surface area contributed by atoms with E-state index in [9.17, 15) is 14.9 Å². The summed E-state index contributed by atoms with van der Waals surface area (Å²) >= 11 is 5.59. The van der Waals surface area contributed by atoms with Gasteiger partial charge in [0, 0.05) is 6.07 Å². The quantitative estimate of drug-likeness (QED) is 0.510. The van der Waals surface area contributed by atoms with Crippen LogP contribution in [0.5, 0.6) is 5.75 Å². The molecule has 0 aliphatic heterocycles. The van der Waals surface area contributed by atoms with Crippen molar-refractivity contribution in [3.8, 4) is 5.75 Å². The average Bonchev–Trinajstić information content (AvgIpc) is 2.28. The summed E-state index contributed by atoms with van der Waals surface area (Å²) in [6.45, 7) is 1.52. The molecule has 1 N–H and O–H groups in total. The number of hydrogen-bond acceptors (Lipinski definition) is 4. The summed E-state index contributed by atoms with van der Waals surface area (Å²) in [5.41, 5.74) is 0.231. The van der Waals surface area contributed by atoms with Gasteiger partial charge < -0.3 is 10.1 Å². The first kappa shape index (κ1) is 13.2. The largest absolute Gasteiger partial charge is 0.494 e. The lowest BCUT2D eigenvalue weighted by molar-refractivity contribution is -0.384. The van der Waals surface area contributed by atoms with E-state index >= 15 is 0 Å². The van der Waals surface area contributed by atoms with E-state index in [1.807, 2.05) is 0 Å². The Morgan fingerprint density at radius 2 is 2.24 bits per heavy atom. The summed E-state index contributed by atoms with van der Waals surface area (Å²) < 4.78 is 4.95. The Labute approximate surface area is 103 Å². The van der Waals surface area contributed by atoms with Gasteiger partial charge in [0.1, 0.15) is 11.1 Å². The Morgan fingerprint density at radius 3 is 2.71 bits per heavy atom. The fraction of sp³-hybridized carbons (Fsp3) is 0.300. The van der Waals surface area contributed by atoms with Gasteiger partial charge in [-0.05, 0) is 13.0 Å². The molecule has 92 valence electrons. The summed E-state index contributed by atoms with van der Waals surface area (Å²) in [5, 5.41) is 12.4. The molecule has 0 radical (unpaired) electrons. The minimum Gasteiger partial charge on any atom is -0.494 e. The van der Waals surface area contributed by atoms with Gasteiger partial charge in [0.25, 0.3) is 5.69 Å². The Balaban J connectivity index is 3.01. The average molecular weight is 259 g/mol. The number of methoxy groups -OCH3 is 1. The smallest absolute Gasteiger partial charge is 0.273 e. The second-order valence-electron chi connectivity index (χ2n) is 3.25. The molecule has 0 fully saturated rings. The molecule has 0 saturated heterocycles. The predicted molar refractivity (Wildman–Crippen MR) is 63.6 cm³/mol. The number of carbonyl (C=O) groups is 1. The topological polar surface area (TPSA) is 81.5 Å². The third kappa shape index (κ3) is 3.32. The summed E-state index contributed by atoms with van der Waals surface area (Å²) in [4.78, 5) is 21.4. The third-order valence-electron chi connectivity index (χ3n) is 2.02. The number of carbonyl (C=O) groups excluding carboxylic acids is 1. The van der Waals surface area contributed by atoms with E-state index in [-0.39, 0.29) is 11.4 Å². The summed E-state index contributed by atoms with van der Waals surface area (Å²) in [6, 6.07) is 3.90. The number of non-ortho nitro benzene ring substituents is 1. The number of nitrogens with zero attached hydrogens (tertiary/aromatic N) is 1. The number of halogens is 1. The van der Waals surface area contributed by atoms with Gasteiger partial charge >= 0.3 is 0 Å². The SMILES string of the molecule is COc1cc([N+](=O)[O-])ccc1NC(=O)C(C)Cl. The number of hydrogen-bond donors (Lipinski definition) is 1. The maximum atomic E-state index is 11.4. The zero-order chi connectivity index (χ0) is 13.0. The van der Waals surface area contributed by atoms with Gasteiger partial charge in [0.05, 0.1) is 23.8 Å². The number of benzene rings is 1. The van der Waals surface area contributed by atoms with Gasteiger partial charge in [-0.3, -0.25) is 14.9 Å². The van der Waals surface area contributed by atoms with E-state index in [2.05, 4.69) is 5.32 Å². The number of nitro benzene ring substituents is 1. The Morgan fingerprint density at radius 1 is 1.59 bits per heavy atom. The first-order valence-corrected chi connectivity index (χ1v) is 5.16. The maximum absolute atomic E-state index is 11.4. The second-order valence-corrected chi connectivity index (χ2v) is 3.90. The lowest BCUT2D eigenvalue weighted by Gasteiger charge is -2.10. The lowest BCUT2D eigenvalue weighted by Crippen LogP contribution is -2.20. The van der Waals surface area contributed by atoms with Crippen molar-refractivity contribution in [1.82, 2.24) is 0 Å². The second kappa shape index (κ2) is 5.49. The molecule has 1 atom stereocenters. The molecule has 0 aromatic heterocycles. The van der Waals surface area contributed by atoms with Crippen molar-refractivity contribution in [1.29, 1.82) is 0 Å². The number of anilines is 1. The fourth-order valence-corrected chi connectivity index (χ4v) is 1.18. The first-order chi connectivity index (χ1) is 7.95. The first-order valence-electron chi connectivity index (χ1n) is 4.73. The van der Waals surface area contributed by atoms with Crippen LogP contribution in [-0.4, -0.2) is 23.3 Å². The number of ether oxygens (including phenoxy) is 1. The highest BCUT2D eigenvalue weighted by Crippen LogP contribution is 2.29. The monoisotopic (exact) mass is 258 g/mol. The van der Waals surface area contributed by atoms with E-state index in [0.29, 0.717) is 5.69 Å². The van der Waals surface area contributed by atoms with E-state index in [1.54, 1.807) is 0 Å². The molecule has 0 saturated carbocycles. The van der Waals surface area contributed by atoms with Crippen molar-refractivity contribution < 1.29 is 14.5 Å². The van der Waals surface area contributed by atoms with Crippen LogP contribution >= 0.6 is 11.6 Å². The molecule has 17 heavy (non-hydrogen) atoms. The highest BCUT2D eigenvalue weighted by atomic mass is 35.5. The number of nitrogens with one attached hydrogen (secondary N) is 1. The van der Waals surface area contributed by atoms with Gasteiger partial charge in [-0.1, -0.05) is 0 Å². The van der Waals surface area contributed by atoms with Gasteiger partial charge in [-0.15, -0.1) is 11.6 Å². The zero-order valence-corrected chi connectivity index (χ0v) is 10.0. The molecule has 0 bridgehead atoms. The van der Waals surface area contributed by atoms with E-state index in [0.717, 1.165) is 0 Å². The van der Waals surface area contributed by atoms with Crippen LogP contribution in [0.3, 0.4) is 0 Å². The van der Waals surface area contributed by atoms with Crippen molar-refractivity contribution in [3.05, 3.63) is 28.3 Å². The maximum Gasteiger partial charge on any atom is 0.273 e. The molecule has 1 amide bonds. The Bertz CT molecular complexity index is 448. The van der Waals surface area contributed by atoms with Crippen LogP contribution in [0.4, 0.5) is 11.4 Å². The minimum atomic E-state index is -0.699. The summed E-state index contributed by atoms with van der Waals surface area (Å²) in [5.74, 6) is -0.191. The number of nitro groups is 1. The van der Waals surface area contributed by atoms with Crippen molar-refractivity contribution in [2.24, 2.45) is 0 Å². The van der Waals surface area contributed by atoms with Crippen LogP contribution in [0.1, 0.15) is 6.92 Å². The molecule has 1 rings (SSSR count). The number of alkyl halides is 1. The Kier molecular flexibility index (Phi) is 4.28. The molecular weight excluding hydrogens is 248 g/mol. The van der Waals surface area contributed by atoms with Gasteiger partial charge in [-0.25, -0.2) is 0 Å². The Hall–Kier alpha value is -1.82. The normalized spacial score (nSPS) is 11.7. The third-order valence-corrected chi connectivity index (χ3v) is 2.21. The van der Waals surface area contributed by atoms with Crippen LogP contribution in [0.25, 0.3) is 0 Å². The van der Waals surface area contributed by atoms with Crippen LogP contribution in [0.2, 0.25) is 0 Å². The van der Waals surface area contributed by atoms with Crippen molar-refractivity contribution >= 4 is 28.9 Å². The zero-order valence-electron chi connectivity index (χ0n) is 9.27. The lowest BCUT2D eigenvalue weighted by atomic mass is 10.2. The van der Waals surface area contributed by atoms with E-state index < -0.39 is 16.2 Å². The van der Waals surface area contributed by atoms with Crippen LogP contribution in [0.15, 0.2) is 18.2 Å². The summed E-state index contributed by atoms with van der Waals surface area (Å²) in [7, 11) is 1.36. The highest BCUT2D eigenvalue weighted by molar-refractivity contribution is 6.32. The molecule has 0 spiro atoms. The van der Waals surface area contributed by atoms with Gasteiger partial charge in [0.2, 0.25) is 5.91 Å². The molecule has 1 unspecified atom stereocenters. The van der Waals surface area contributed by atoms with Crippen molar-refractivity contribution in [2.45, 2.75) is 12.3 Å². The van der Waals surface area contributed by atoms with Gasteiger partial charge in [0.15, 0.2) is 0 Å². The molecule has 7 heteroatoms. The molecule has 1 aromatic rings. The van der Waals surface area contributed by atoms with E-state index in [4.69, 9.17) is 16.3 Å². The van der Waals surface area contributed by atoms with Crippen LogP contribution in [-0.2, 0) is 4.79 Å². The molecule has 0 aliphatic rings. The van der Waals surface area contributed by atoms with Crippen LogP contribution < -0.4 is 10.1 Å². The number of rotatable bonds is 4. The van der Waals surface area contributed by atoms with Crippen molar-refractivity contribution in [3.63, 3.8) is 0 Å². The number of amides is 1. The molecule has 1 aromatic carbocycles. The van der Waals surface area contributed by atoms with Crippen molar-refractivity contribution in [2.75, 3.05) is 12.4 Å². The van der Waals surface area contributed by atoms with E-state index in [1.165, 1.54) is 32.2 Å². The minimum absolute atomic E-state index is 0.112. The highest BCUT2D eigenvalue weighted by Gasteiger charge is 2.15.